The van der Waals surface area contributed by atoms with E-state index >= 15 is 0 Å². The van der Waals surface area contributed by atoms with Gasteiger partial charge in [0.2, 0.25) is 0 Å². The second kappa shape index (κ2) is 11.1. The standard InChI is InChI=1S/C13H24N2O3.C8H18O/c14-11-9-12(1-5-17-6-2-12)15(16)13(10-11)3-7-18-8-4-13;1-4-5-6-7-9-8(2)3/h11,16H,1-10,14H2;8H,4-7H2,1-3H3. The largest absolute Gasteiger partial charge is 0.381 e. The molecule has 0 radical (unpaired) electrons. The summed E-state index contributed by atoms with van der Waals surface area (Å²) in [5, 5.41) is 12.5. The number of nitrogens with zero attached hydrogens (tertiary/aromatic N) is 1. The minimum Gasteiger partial charge on any atom is -0.381 e. The van der Waals surface area contributed by atoms with Crippen LogP contribution in [-0.4, -0.2) is 66.5 Å². The van der Waals surface area contributed by atoms with Gasteiger partial charge in [-0.25, -0.2) is 0 Å². The smallest absolute Gasteiger partial charge is 0.0525 e. The maximum Gasteiger partial charge on any atom is 0.0525 e. The third-order valence-electron chi connectivity index (χ3n) is 6.23. The van der Waals surface area contributed by atoms with Gasteiger partial charge in [-0.15, -0.1) is 0 Å². The molecule has 3 N–H and O–H groups in total. The lowest BCUT2D eigenvalue weighted by Gasteiger charge is -2.58. The van der Waals surface area contributed by atoms with Gasteiger partial charge in [-0.2, -0.15) is 5.06 Å². The fourth-order valence-electron chi connectivity index (χ4n) is 4.73. The Bertz CT molecular complexity index is 379. The Balaban J connectivity index is 0.000000249. The number of unbranched alkanes of at least 4 members (excludes halogenated alkanes) is 2. The molecule has 6 nitrogen and oxygen atoms in total. The van der Waals surface area contributed by atoms with Crippen LogP contribution in [0.15, 0.2) is 0 Å². The molecule has 0 unspecified atom stereocenters. The highest BCUT2D eigenvalue weighted by Crippen LogP contribution is 2.46. The van der Waals surface area contributed by atoms with Gasteiger partial charge in [0.05, 0.1) is 17.2 Å². The van der Waals surface area contributed by atoms with Crippen LogP contribution in [0.4, 0.5) is 0 Å². The second-order valence-corrected chi connectivity index (χ2v) is 8.78. The summed E-state index contributed by atoms with van der Waals surface area (Å²) in [6, 6.07) is 0.185. The van der Waals surface area contributed by atoms with E-state index in [1.165, 1.54) is 19.3 Å². The first-order valence-corrected chi connectivity index (χ1v) is 11.0. The molecule has 0 aromatic rings. The van der Waals surface area contributed by atoms with Crippen LogP contribution in [0.1, 0.15) is 78.6 Å². The summed E-state index contributed by atoms with van der Waals surface area (Å²) in [7, 11) is 0. The summed E-state index contributed by atoms with van der Waals surface area (Å²) >= 11 is 0. The second-order valence-electron chi connectivity index (χ2n) is 8.78. The zero-order valence-electron chi connectivity index (χ0n) is 17.8. The van der Waals surface area contributed by atoms with Crippen LogP contribution in [0.25, 0.3) is 0 Å². The molecule has 3 fully saturated rings. The zero-order chi connectivity index (χ0) is 19.8. The van der Waals surface area contributed by atoms with E-state index < -0.39 is 0 Å². The summed E-state index contributed by atoms with van der Waals surface area (Å²) in [5.74, 6) is 0. The van der Waals surface area contributed by atoms with Gasteiger partial charge < -0.3 is 25.2 Å². The monoisotopic (exact) mass is 386 g/mol. The summed E-state index contributed by atoms with van der Waals surface area (Å²) in [6.07, 6.45) is 9.52. The van der Waals surface area contributed by atoms with Crippen molar-refractivity contribution in [2.75, 3.05) is 33.0 Å². The maximum atomic E-state index is 10.8. The van der Waals surface area contributed by atoms with Crippen LogP contribution in [0, 0.1) is 0 Å². The molecule has 3 heterocycles. The molecule has 3 aliphatic heterocycles. The van der Waals surface area contributed by atoms with Crippen molar-refractivity contribution < 1.29 is 19.4 Å². The fourth-order valence-corrected chi connectivity index (χ4v) is 4.73. The Hall–Kier alpha value is -0.240. The molecule has 0 saturated carbocycles. The van der Waals surface area contributed by atoms with Crippen molar-refractivity contribution in [3.63, 3.8) is 0 Å². The van der Waals surface area contributed by atoms with Crippen LogP contribution < -0.4 is 5.73 Å². The van der Waals surface area contributed by atoms with Gasteiger partial charge in [0, 0.05) is 39.1 Å². The van der Waals surface area contributed by atoms with E-state index in [9.17, 15) is 5.21 Å². The summed E-state index contributed by atoms with van der Waals surface area (Å²) < 4.78 is 16.2. The maximum absolute atomic E-state index is 10.8. The summed E-state index contributed by atoms with van der Waals surface area (Å²) in [6.45, 7) is 10.2. The lowest BCUT2D eigenvalue weighted by Crippen LogP contribution is -2.68. The first-order valence-electron chi connectivity index (χ1n) is 11.0. The van der Waals surface area contributed by atoms with Crippen LogP contribution >= 0.6 is 0 Å². The Labute approximate surface area is 165 Å². The van der Waals surface area contributed by atoms with E-state index in [4.69, 9.17) is 19.9 Å². The molecular weight excluding hydrogens is 344 g/mol. The van der Waals surface area contributed by atoms with Gasteiger partial charge in [0.1, 0.15) is 0 Å². The highest BCUT2D eigenvalue weighted by molar-refractivity contribution is 5.07. The molecular formula is C21H42N2O4. The fraction of sp³-hybridized carbons (Fsp3) is 1.00. The molecule has 6 heteroatoms. The lowest BCUT2D eigenvalue weighted by molar-refractivity contribution is -0.293. The van der Waals surface area contributed by atoms with Gasteiger partial charge in [-0.05, 0) is 58.8 Å². The van der Waals surface area contributed by atoms with Gasteiger partial charge in [0.15, 0.2) is 0 Å². The number of hydroxylamine groups is 2. The SMILES string of the molecule is CCCCCOC(C)C.NC1CC2(CCOCC2)N(O)C2(CCOCC2)C1. The van der Waals surface area contributed by atoms with Crippen molar-refractivity contribution in [2.45, 2.75) is 102 Å². The molecule has 0 bridgehead atoms. The highest BCUT2D eigenvalue weighted by atomic mass is 16.5. The molecule has 0 aliphatic carbocycles. The topological polar surface area (TPSA) is 77.2 Å². The van der Waals surface area contributed by atoms with Gasteiger partial charge >= 0.3 is 0 Å². The van der Waals surface area contributed by atoms with Crippen LogP contribution in [0.2, 0.25) is 0 Å². The summed E-state index contributed by atoms with van der Waals surface area (Å²) in [4.78, 5) is 0. The molecule has 27 heavy (non-hydrogen) atoms. The predicted molar refractivity (Wildman–Crippen MR) is 107 cm³/mol. The van der Waals surface area contributed by atoms with Crippen LogP contribution in [0.3, 0.4) is 0 Å². The van der Waals surface area contributed by atoms with Gasteiger partial charge in [-0.3, -0.25) is 0 Å². The molecule has 3 saturated heterocycles. The zero-order valence-corrected chi connectivity index (χ0v) is 17.8. The average molecular weight is 387 g/mol. The molecule has 0 aromatic heterocycles. The van der Waals surface area contributed by atoms with Gasteiger partial charge in [0.25, 0.3) is 0 Å². The minimum atomic E-state index is -0.159. The first kappa shape index (κ1) is 23.0. The lowest BCUT2D eigenvalue weighted by atomic mass is 9.69. The molecule has 0 atom stereocenters. The number of piperidine rings is 1. The average Bonchev–Trinajstić information content (AvgIpc) is 2.65. The molecule has 3 rings (SSSR count). The number of rotatable bonds is 5. The van der Waals surface area contributed by atoms with E-state index in [0.29, 0.717) is 6.10 Å². The van der Waals surface area contributed by atoms with E-state index in [1.807, 2.05) is 0 Å². The Morgan fingerprint density at radius 3 is 1.89 bits per heavy atom. The predicted octanol–water partition coefficient (Wildman–Crippen LogP) is 3.50. The molecule has 3 aliphatic rings. The summed E-state index contributed by atoms with van der Waals surface area (Å²) in [5.41, 5.74) is 5.97. The third-order valence-corrected chi connectivity index (χ3v) is 6.23. The van der Waals surface area contributed by atoms with Gasteiger partial charge in [-0.1, -0.05) is 19.8 Å². The highest BCUT2D eigenvalue weighted by Gasteiger charge is 2.54. The number of ether oxygens (including phenoxy) is 3. The minimum absolute atomic E-state index is 0.159. The van der Waals surface area contributed by atoms with E-state index in [-0.39, 0.29) is 17.1 Å². The van der Waals surface area contributed by atoms with Crippen molar-refractivity contribution >= 4 is 0 Å². The Kier molecular flexibility index (Phi) is 9.45. The first-order chi connectivity index (χ1) is 12.9. The normalized spacial score (nSPS) is 27.6. The number of nitrogens with two attached hydrogens (primary N) is 1. The third kappa shape index (κ3) is 6.38. The molecule has 160 valence electrons. The quantitative estimate of drug-likeness (QED) is 0.704. The number of hydrogen-bond donors (Lipinski definition) is 2. The Morgan fingerprint density at radius 1 is 1.00 bits per heavy atom. The molecule has 0 aromatic carbocycles. The molecule has 2 spiro atoms. The van der Waals surface area contributed by atoms with Crippen molar-refractivity contribution in [3.05, 3.63) is 0 Å². The van der Waals surface area contributed by atoms with Crippen LogP contribution in [0.5, 0.6) is 0 Å². The van der Waals surface area contributed by atoms with Crippen molar-refractivity contribution in [2.24, 2.45) is 5.73 Å². The number of hydrogen-bond acceptors (Lipinski definition) is 6. The van der Waals surface area contributed by atoms with E-state index in [1.54, 1.807) is 5.06 Å². The van der Waals surface area contributed by atoms with Crippen molar-refractivity contribution in [1.29, 1.82) is 0 Å². The van der Waals surface area contributed by atoms with Crippen LogP contribution in [-0.2, 0) is 14.2 Å². The van der Waals surface area contributed by atoms with E-state index in [0.717, 1.165) is 71.6 Å². The van der Waals surface area contributed by atoms with Crippen molar-refractivity contribution in [3.8, 4) is 0 Å². The van der Waals surface area contributed by atoms with Crippen molar-refractivity contribution in [1.82, 2.24) is 5.06 Å². The Morgan fingerprint density at radius 2 is 1.48 bits per heavy atom. The molecule has 0 amide bonds. The van der Waals surface area contributed by atoms with E-state index in [2.05, 4.69) is 20.8 Å².